The van der Waals surface area contributed by atoms with Crippen molar-refractivity contribution in [3.8, 4) is 0 Å². The van der Waals surface area contributed by atoms with Crippen molar-refractivity contribution in [2.45, 2.75) is 44.9 Å². The first kappa shape index (κ1) is 16.0. The molecule has 1 fully saturated rings. The highest BCUT2D eigenvalue weighted by Gasteiger charge is 2.28. The minimum atomic E-state index is -0.225. The van der Waals surface area contributed by atoms with Crippen LogP contribution in [0.1, 0.15) is 44.9 Å². The van der Waals surface area contributed by atoms with Gasteiger partial charge in [-0.2, -0.15) is 0 Å². The highest BCUT2D eigenvalue weighted by atomic mass is 16.2. The molecule has 1 aliphatic carbocycles. The fraction of sp³-hybridized carbons (Fsp3) is 0.750. The van der Waals surface area contributed by atoms with Gasteiger partial charge in [-0.15, -0.1) is 0 Å². The van der Waals surface area contributed by atoms with E-state index in [2.05, 4.69) is 11.4 Å². The molecule has 0 saturated carbocycles. The number of carbonyl (C=O) groups excluding carboxylic acids is 2. The molecule has 5 nitrogen and oxygen atoms in total. The molecule has 2 atom stereocenters. The number of amides is 2. The predicted octanol–water partition coefficient (Wildman–Crippen LogP) is -0.227. The molecule has 0 spiro atoms. The molecule has 118 valence electrons. The van der Waals surface area contributed by atoms with Crippen molar-refractivity contribution in [1.82, 2.24) is 5.32 Å². The highest BCUT2D eigenvalue weighted by Crippen LogP contribution is 2.19. The molecule has 0 radical (unpaired) electrons. The molecule has 0 aromatic heterocycles. The van der Waals surface area contributed by atoms with Gasteiger partial charge in [0.2, 0.25) is 5.91 Å². The summed E-state index contributed by atoms with van der Waals surface area (Å²) in [6.07, 6.45) is 10.1. The summed E-state index contributed by atoms with van der Waals surface area (Å²) in [6, 6.07) is 0. The number of nitrogens with one attached hydrogen (secondary N) is 2. The molecule has 0 aromatic rings. The molecule has 2 rings (SSSR count). The number of hydrogen-bond donors (Lipinski definition) is 3. The van der Waals surface area contributed by atoms with Crippen LogP contribution in [0.15, 0.2) is 11.6 Å². The monoisotopic (exact) mass is 294 g/mol. The first-order valence-electron chi connectivity index (χ1n) is 8.22. The summed E-state index contributed by atoms with van der Waals surface area (Å²) in [6.45, 7) is 2.86. The average molecular weight is 294 g/mol. The van der Waals surface area contributed by atoms with Crippen molar-refractivity contribution in [1.29, 1.82) is 0 Å². The Labute approximate surface area is 126 Å². The second-order valence-electron chi connectivity index (χ2n) is 6.33. The standard InChI is InChI=1S/C16H27N3O2/c17-16(21)14-7-4-10-19(11-14)12-15(20)18-9-8-13-5-2-1-3-6-13/h5,14H,1-4,6-12H2,(H2,17,21)(H,18,20)/p+1/t14-/m0/s1. The lowest BCUT2D eigenvalue weighted by Crippen LogP contribution is -3.15. The Morgan fingerprint density at radius 3 is 2.90 bits per heavy atom. The summed E-state index contributed by atoms with van der Waals surface area (Å²) in [5.41, 5.74) is 6.85. The molecule has 0 bridgehead atoms. The van der Waals surface area contributed by atoms with Crippen LogP contribution in [0.2, 0.25) is 0 Å². The first-order valence-corrected chi connectivity index (χ1v) is 8.22. The van der Waals surface area contributed by atoms with E-state index >= 15 is 0 Å². The van der Waals surface area contributed by atoms with Crippen LogP contribution in [0.5, 0.6) is 0 Å². The van der Waals surface area contributed by atoms with Crippen molar-refractivity contribution < 1.29 is 14.5 Å². The van der Waals surface area contributed by atoms with Gasteiger partial charge in [0.15, 0.2) is 6.54 Å². The fourth-order valence-electron chi connectivity index (χ4n) is 3.34. The van der Waals surface area contributed by atoms with E-state index in [4.69, 9.17) is 5.73 Å². The van der Waals surface area contributed by atoms with Gasteiger partial charge in [-0.1, -0.05) is 11.6 Å². The van der Waals surface area contributed by atoms with Gasteiger partial charge in [0.05, 0.1) is 19.0 Å². The van der Waals surface area contributed by atoms with E-state index in [-0.39, 0.29) is 17.7 Å². The van der Waals surface area contributed by atoms with Crippen molar-refractivity contribution in [2.24, 2.45) is 11.7 Å². The van der Waals surface area contributed by atoms with Crippen LogP contribution < -0.4 is 16.0 Å². The highest BCUT2D eigenvalue weighted by molar-refractivity contribution is 5.77. The zero-order valence-electron chi connectivity index (χ0n) is 12.8. The van der Waals surface area contributed by atoms with Crippen LogP contribution in [-0.4, -0.2) is 38.0 Å². The predicted molar refractivity (Wildman–Crippen MR) is 81.7 cm³/mol. The van der Waals surface area contributed by atoms with Crippen molar-refractivity contribution in [3.05, 3.63) is 11.6 Å². The number of nitrogens with two attached hydrogens (primary N) is 1. The number of rotatable bonds is 6. The zero-order valence-corrected chi connectivity index (χ0v) is 12.8. The van der Waals surface area contributed by atoms with Crippen molar-refractivity contribution in [2.75, 3.05) is 26.2 Å². The molecule has 21 heavy (non-hydrogen) atoms. The molecular weight excluding hydrogens is 266 g/mol. The summed E-state index contributed by atoms with van der Waals surface area (Å²) >= 11 is 0. The van der Waals surface area contributed by atoms with Gasteiger partial charge in [0.1, 0.15) is 0 Å². The Bertz CT molecular complexity index is 406. The Morgan fingerprint density at radius 1 is 1.33 bits per heavy atom. The number of piperidine rings is 1. The van der Waals surface area contributed by atoms with E-state index in [1.807, 2.05) is 0 Å². The largest absolute Gasteiger partial charge is 0.369 e. The molecule has 1 unspecified atom stereocenters. The van der Waals surface area contributed by atoms with E-state index in [9.17, 15) is 9.59 Å². The maximum Gasteiger partial charge on any atom is 0.275 e. The van der Waals surface area contributed by atoms with Crippen LogP contribution >= 0.6 is 0 Å². The second kappa shape index (κ2) is 8.17. The Kier molecular flexibility index (Phi) is 6.23. The average Bonchev–Trinajstić information content (AvgIpc) is 2.48. The molecule has 2 amide bonds. The minimum absolute atomic E-state index is 0.0612. The van der Waals surface area contributed by atoms with Gasteiger partial charge in [0, 0.05) is 6.54 Å². The topological polar surface area (TPSA) is 76.6 Å². The normalized spacial score (nSPS) is 26.0. The summed E-state index contributed by atoms with van der Waals surface area (Å²) in [4.78, 5) is 24.4. The Hall–Kier alpha value is -1.36. The van der Waals surface area contributed by atoms with E-state index in [1.165, 1.54) is 36.2 Å². The molecule has 1 saturated heterocycles. The molecule has 0 aromatic carbocycles. The van der Waals surface area contributed by atoms with Crippen molar-refractivity contribution in [3.63, 3.8) is 0 Å². The van der Waals surface area contributed by atoms with Gasteiger partial charge in [-0.25, -0.2) is 0 Å². The third-order valence-corrected chi connectivity index (χ3v) is 4.58. The smallest absolute Gasteiger partial charge is 0.275 e. The van der Waals surface area contributed by atoms with Gasteiger partial charge >= 0.3 is 0 Å². The molecule has 4 N–H and O–H groups in total. The minimum Gasteiger partial charge on any atom is -0.369 e. The van der Waals surface area contributed by atoms with Crippen LogP contribution in [-0.2, 0) is 9.59 Å². The van der Waals surface area contributed by atoms with E-state index < -0.39 is 0 Å². The van der Waals surface area contributed by atoms with Crippen LogP contribution in [0.4, 0.5) is 0 Å². The van der Waals surface area contributed by atoms with Gasteiger partial charge < -0.3 is 16.0 Å². The lowest BCUT2D eigenvalue weighted by Gasteiger charge is -2.27. The van der Waals surface area contributed by atoms with E-state index in [0.717, 1.165) is 32.4 Å². The summed E-state index contributed by atoms with van der Waals surface area (Å²) in [5.74, 6) is -0.197. The van der Waals surface area contributed by atoms with E-state index in [1.54, 1.807) is 0 Å². The van der Waals surface area contributed by atoms with Crippen LogP contribution in [0.3, 0.4) is 0 Å². The lowest BCUT2D eigenvalue weighted by atomic mass is 9.97. The lowest BCUT2D eigenvalue weighted by molar-refractivity contribution is -0.899. The first-order chi connectivity index (χ1) is 10.1. The maximum absolute atomic E-state index is 12.0. The third-order valence-electron chi connectivity index (χ3n) is 4.58. The molecule has 5 heteroatoms. The fourth-order valence-corrected chi connectivity index (χ4v) is 3.34. The maximum atomic E-state index is 12.0. The van der Waals surface area contributed by atoms with Crippen LogP contribution in [0.25, 0.3) is 0 Å². The number of likely N-dealkylation sites (tertiary alicyclic amines) is 1. The SMILES string of the molecule is NC(=O)[C@H]1CCC[NH+](CC(=O)NCCC2=CCCCC2)C1. The Balaban J connectivity index is 1.64. The number of primary amides is 1. The molecule has 1 heterocycles. The number of carbonyl (C=O) groups is 2. The van der Waals surface area contributed by atoms with Gasteiger partial charge in [-0.3, -0.25) is 9.59 Å². The molecular formula is C16H28N3O2+. The quantitative estimate of drug-likeness (QED) is 0.592. The summed E-state index contributed by atoms with van der Waals surface area (Å²) < 4.78 is 0. The number of quaternary nitrogens is 1. The van der Waals surface area contributed by atoms with E-state index in [0.29, 0.717) is 13.1 Å². The van der Waals surface area contributed by atoms with Crippen LogP contribution in [0, 0.1) is 5.92 Å². The molecule has 1 aliphatic heterocycles. The zero-order chi connectivity index (χ0) is 15.1. The van der Waals surface area contributed by atoms with Gasteiger partial charge in [-0.05, 0) is 44.9 Å². The molecule has 2 aliphatic rings. The summed E-state index contributed by atoms with van der Waals surface area (Å²) in [5, 5.41) is 3.00. The third kappa shape index (κ3) is 5.50. The Morgan fingerprint density at radius 2 is 2.19 bits per heavy atom. The van der Waals surface area contributed by atoms with Crippen molar-refractivity contribution >= 4 is 11.8 Å². The van der Waals surface area contributed by atoms with Gasteiger partial charge in [0.25, 0.3) is 5.91 Å². The number of hydrogen-bond acceptors (Lipinski definition) is 2. The summed E-state index contributed by atoms with van der Waals surface area (Å²) in [7, 11) is 0. The second-order valence-corrected chi connectivity index (χ2v) is 6.33. The number of allylic oxidation sites excluding steroid dienone is 1.